The lowest BCUT2D eigenvalue weighted by molar-refractivity contribution is 0.0698. The molecule has 1 saturated heterocycles. The smallest absolute Gasteiger partial charge is 0.337 e. The number of carboxylic acids is 1. The van der Waals surface area contributed by atoms with E-state index in [2.05, 4.69) is 5.32 Å². The number of benzene rings is 1. The molecule has 0 bridgehead atoms. The molecular weight excluding hydrogens is 248 g/mol. The van der Waals surface area contributed by atoms with Gasteiger partial charge < -0.3 is 16.2 Å². The van der Waals surface area contributed by atoms with Gasteiger partial charge in [-0.3, -0.25) is 0 Å². The predicted molar refractivity (Wildman–Crippen MR) is 76.4 cm³/mol. The molecule has 1 aliphatic rings. The van der Waals surface area contributed by atoms with Crippen LogP contribution in [0.25, 0.3) is 0 Å². The van der Waals surface area contributed by atoms with Crippen LogP contribution in [0.3, 0.4) is 0 Å². The Labute approximate surface area is 111 Å². The Bertz CT molecular complexity index is 431. The minimum atomic E-state index is -0.981. The number of hydrogen-bond donors (Lipinski definition) is 3. The van der Waals surface area contributed by atoms with Crippen molar-refractivity contribution in [3.63, 3.8) is 0 Å². The van der Waals surface area contributed by atoms with Crippen molar-refractivity contribution in [2.45, 2.75) is 12.8 Å². The van der Waals surface area contributed by atoms with Gasteiger partial charge in [0.15, 0.2) is 0 Å². The van der Waals surface area contributed by atoms with Gasteiger partial charge in [-0.25, -0.2) is 4.79 Å². The summed E-state index contributed by atoms with van der Waals surface area (Å²) in [5, 5.41) is 12.3. The van der Waals surface area contributed by atoms with Gasteiger partial charge in [0.2, 0.25) is 0 Å². The SMILES string of the molecule is Nc1c(NCC2CCSCC2)cccc1C(=O)O. The highest BCUT2D eigenvalue weighted by molar-refractivity contribution is 7.99. The molecule has 1 aliphatic heterocycles. The molecule has 98 valence electrons. The Balaban J connectivity index is 2.00. The Morgan fingerprint density at radius 3 is 2.83 bits per heavy atom. The topological polar surface area (TPSA) is 75.3 Å². The van der Waals surface area contributed by atoms with Crippen LogP contribution in [0.5, 0.6) is 0 Å². The van der Waals surface area contributed by atoms with Crippen LogP contribution in [0.4, 0.5) is 11.4 Å². The van der Waals surface area contributed by atoms with Gasteiger partial charge in [-0.2, -0.15) is 11.8 Å². The van der Waals surface area contributed by atoms with Crippen LogP contribution in [0.1, 0.15) is 23.2 Å². The number of thioether (sulfide) groups is 1. The molecule has 4 nitrogen and oxygen atoms in total. The maximum absolute atomic E-state index is 11.0. The van der Waals surface area contributed by atoms with E-state index in [1.165, 1.54) is 30.4 Å². The van der Waals surface area contributed by atoms with E-state index in [-0.39, 0.29) is 5.56 Å². The van der Waals surface area contributed by atoms with E-state index in [1.54, 1.807) is 6.07 Å². The molecule has 5 heteroatoms. The second kappa shape index (κ2) is 6.00. The van der Waals surface area contributed by atoms with Gasteiger partial charge in [0.1, 0.15) is 0 Å². The summed E-state index contributed by atoms with van der Waals surface area (Å²) >= 11 is 2.00. The number of para-hydroxylation sites is 1. The highest BCUT2D eigenvalue weighted by Crippen LogP contribution is 2.26. The minimum absolute atomic E-state index is 0.166. The molecule has 0 radical (unpaired) electrons. The van der Waals surface area contributed by atoms with Crippen LogP contribution in [-0.2, 0) is 0 Å². The minimum Gasteiger partial charge on any atom is -0.478 e. The van der Waals surface area contributed by atoms with Crippen molar-refractivity contribution in [2.75, 3.05) is 29.1 Å². The van der Waals surface area contributed by atoms with Crippen LogP contribution in [-0.4, -0.2) is 29.1 Å². The zero-order valence-electron chi connectivity index (χ0n) is 10.2. The van der Waals surface area contributed by atoms with E-state index in [9.17, 15) is 4.79 Å². The Hall–Kier alpha value is -1.36. The molecule has 1 fully saturated rings. The molecule has 0 atom stereocenters. The average molecular weight is 266 g/mol. The second-order valence-electron chi connectivity index (χ2n) is 4.51. The van der Waals surface area contributed by atoms with Crippen LogP contribution >= 0.6 is 11.8 Å². The van der Waals surface area contributed by atoms with Crippen molar-refractivity contribution < 1.29 is 9.90 Å². The molecule has 0 aliphatic carbocycles. The molecular formula is C13H18N2O2S. The third kappa shape index (κ3) is 3.10. The van der Waals surface area contributed by atoms with Crippen LogP contribution in [0.2, 0.25) is 0 Å². The van der Waals surface area contributed by atoms with Gasteiger partial charge in [-0.15, -0.1) is 0 Å². The first-order chi connectivity index (χ1) is 8.68. The van der Waals surface area contributed by atoms with Crippen molar-refractivity contribution in [1.29, 1.82) is 0 Å². The average Bonchev–Trinajstić information content (AvgIpc) is 2.38. The van der Waals surface area contributed by atoms with E-state index in [0.717, 1.165) is 12.2 Å². The van der Waals surface area contributed by atoms with Crippen LogP contribution in [0.15, 0.2) is 18.2 Å². The van der Waals surface area contributed by atoms with E-state index in [1.807, 2.05) is 17.8 Å². The molecule has 0 spiro atoms. The summed E-state index contributed by atoms with van der Waals surface area (Å²) in [6.07, 6.45) is 2.44. The molecule has 0 aromatic heterocycles. The van der Waals surface area contributed by atoms with E-state index < -0.39 is 5.97 Å². The van der Waals surface area contributed by atoms with Crippen molar-refractivity contribution in [3.8, 4) is 0 Å². The van der Waals surface area contributed by atoms with Crippen LogP contribution < -0.4 is 11.1 Å². The third-order valence-corrected chi connectivity index (χ3v) is 4.31. The summed E-state index contributed by atoms with van der Waals surface area (Å²) in [7, 11) is 0. The number of hydrogen-bond acceptors (Lipinski definition) is 4. The fraction of sp³-hybridized carbons (Fsp3) is 0.462. The lowest BCUT2D eigenvalue weighted by Crippen LogP contribution is -2.20. The maximum atomic E-state index is 11.0. The molecule has 2 rings (SSSR count). The molecule has 0 saturated carbocycles. The lowest BCUT2D eigenvalue weighted by atomic mass is 10.0. The van der Waals surface area contributed by atoms with Gasteiger partial charge >= 0.3 is 5.97 Å². The molecule has 4 N–H and O–H groups in total. The van der Waals surface area contributed by atoms with Gasteiger partial charge in [-0.05, 0) is 42.4 Å². The highest BCUT2D eigenvalue weighted by atomic mass is 32.2. The molecule has 18 heavy (non-hydrogen) atoms. The number of nitrogens with two attached hydrogens (primary N) is 1. The number of aromatic carboxylic acids is 1. The largest absolute Gasteiger partial charge is 0.478 e. The second-order valence-corrected chi connectivity index (χ2v) is 5.73. The number of carbonyl (C=O) groups is 1. The Morgan fingerprint density at radius 1 is 1.44 bits per heavy atom. The summed E-state index contributed by atoms with van der Waals surface area (Å²) in [5.74, 6) is 2.12. The normalized spacial score (nSPS) is 16.4. The van der Waals surface area contributed by atoms with Gasteiger partial charge in [0, 0.05) is 6.54 Å². The number of nitrogens with one attached hydrogen (secondary N) is 1. The highest BCUT2D eigenvalue weighted by Gasteiger charge is 2.15. The fourth-order valence-corrected chi connectivity index (χ4v) is 3.31. The standard InChI is InChI=1S/C13H18N2O2S/c14-12-10(13(16)17)2-1-3-11(12)15-8-9-4-6-18-7-5-9/h1-3,9,15H,4-8,14H2,(H,16,17). The molecule has 0 unspecified atom stereocenters. The quantitative estimate of drug-likeness (QED) is 0.730. The summed E-state index contributed by atoms with van der Waals surface area (Å²) in [4.78, 5) is 11.0. The summed E-state index contributed by atoms with van der Waals surface area (Å²) in [6, 6.07) is 5.08. The van der Waals surface area contributed by atoms with Gasteiger partial charge in [0.25, 0.3) is 0 Å². The molecule has 1 aromatic carbocycles. The predicted octanol–water partition coefficient (Wildman–Crippen LogP) is 2.52. The van der Waals surface area contributed by atoms with Crippen molar-refractivity contribution >= 4 is 29.1 Å². The third-order valence-electron chi connectivity index (χ3n) is 3.26. The van der Waals surface area contributed by atoms with Crippen molar-refractivity contribution in [2.24, 2.45) is 5.92 Å². The van der Waals surface area contributed by atoms with E-state index in [4.69, 9.17) is 10.8 Å². The van der Waals surface area contributed by atoms with E-state index >= 15 is 0 Å². The first-order valence-corrected chi connectivity index (χ1v) is 7.27. The first-order valence-electron chi connectivity index (χ1n) is 6.12. The Kier molecular flexibility index (Phi) is 4.36. The van der Waals surface area contributed by atoms with Crippen LogP contribution in [0, 0.1) is 5.92 Å². The zero-order chi connectivity index (χ0) is 13.0. The number of carboxylic acid groups (broad SMARTS) is 1. The first kappa shape index (κ1) is 13.1. The summed E-state index contributed by atoms with van der Waals surface area (Å²) in [6.45, 7) is 0.869. The molecule has 1 heterocycles. The molecule has 0 amide bonds. The summed E-state index contributed by atoms with van der Waals surface area (Å²) in [5.41, 5.74) is 7.08. The lowest BCUT2D eigenvalue weighted by Gasteiger charge is -2.22. The summed E-state index contributed by atoms with van der Waals surface area (Å²) < 4.78 is 0. The van der Waals surface area contributed by atoms with Crippen molar-refractivity contribution in [3.05, 3.63) is 23.8 Å². The van der Waals surface area contributed by atoms with Crippen molar-refractivity contribution in [1.82, 2.24) is 0 Å². The molecule has 1 aromatic rings. The fourth-order valence-electron chi connectivity index (χ4n) is 2.11. The number of rotatable bonds is 4. The van der Waals surface area contributed by atoms with E-state index in [0.29, 0.717) is 11.6 Å². The van der Waals surface area contributed by atoms with Gasteiger partial charge in [-0.1, -0.05) is 6.07 Å². The monoisotopic (exact) mass is 266 g/mol. The maximum Gasteiger partial charge on any atom is 0.337 e. The van der Waals surface area contributed by atoms with Gasteiger partial charge in [0.05, 0.1) is 16.9 Å². The number of anilines is 2. The zero-order valence-corrected chi connectivity index (χ0v) is 11.0. The Morgan fingerprint density at radius 2 is 2.17 bits per heavy atom. The number of nitrogen functional groups attached to an aromatic ring is 1.